The van der Waals surface area contributed by atoms with Gasteiger partial charge in [0.15, 0.2) is 16.6 Å². The van der Waals surface area contributed by atoms with Crippen LogP contribution in [0.25, 0.3) is 10.3 Å². The van der Waals surface area contributed by atoms with Crippen molar-refractivity contribution in [1.29, 1.82) is 0 Å². The molecule has 10 nitrogen and oxygen atoms in total. The van der Waals surface area contributed by atoms with Gasteiger partial charge in [-0.3, -0.25) is 4.79 Å². The molecule has 0 spiro atoms. The number of amides is 1. The number of nitrogens with zero attached hydrogens (tertiary/aromatic N) is 6. The molecule has 3 fully saturated rings. The molecule has 0 radical (unpaired) electrons. The van der Waals surface area contributed by atoms with Gasteiger partial charge in [-0.1, -0.05) is 17.4 Å². The first kappa shape index (κ1) is 26.0. The number of rotatable bonds is 5. The van der Waals surface area contributed by atoms with E-state index in [1.807, 2.05) is 18.2 Å². The van der Waals surface area contributed by atoms with Crippen molar-refractivity contribution in [3.05, 3.63) is 30.0 Å². The number of anilines is 4. The number of fused-ring (bicyclic) bond motifs is 1. The van der Waals surface area contributed by atoms with Crippen molar-refractivity contribution in [2.45, 2.75) is 31.7 Å². The normalized spacial score (nSPS) is 20.2. The molecule has 12 heteroatoms. The van der Waals surface area contributed by atoms with Crippen LogP contribution in [0.1, 0.15) is 36.2 Å². The highest BCUT2D eigenvalue weighted by atomic mass is 32.1. The number of piperidine rings is 1. The Bertz CT molecular complexity index is 1240. The molecular formula is C25H34N8O2S2. The summed E-state index contributed by atoms with van der Waals surface area (Å²) >= 11 is 1.61. The summed E-state index contributed by atoms with van der Waals surface area (Å²) in [4.78, 5) is 34.5. The second-order valence-electron chi connectivity index (χ2n) is 9.65. The average molecular weight is 543 g/mol. The van der Waals surface area contributed by atoms with Gasteiger partial charge in [0.25, 0.3) is 5.91 Å². The summed E-state index contributed by atoms with van der Waals surface area (Å²) < 4.78 is 6.45. The van der Waals surface area contributed by atoms with E-state index in [2.05, 4.69) is 25.0 Å². The summed E-state index contributed by atoms with van der Waals surface area (Å²) in [5.41, 5.74) is 7.89. The Labute approximate surface area is 227 Å². The van der Waals surface area contributed by atoms with Crippen molar-refractivity contribution in [2.75, 3.05) is 72.5 Å². The Balaban J connectivity index is 0.00000280. The van der Waals surface area contributed by atoms with E-state index < -0.39 is 0 Å². The number of hydrogen-bond donors (Lipinski definition) is 2. The third-order valence-electron chi connectivity index (χ3n) is 7.05. The van der Waals surface area contributed by atoms with Crippen LogP contribution in [0.4, 0.5) is 22.5 Å². The number of nitrogens with one attached hydrogen (secondary N) is 1. The number of thiazole rings is 1. The minimum atomic E-state index is -0.238. The number of hydrogen-bond acceptors (Lipinski definition) is 10. The molecule has 3 aliphatic heterocycles. The quantitative estimate of drug-likeness (QED) is 0.502. The average Bonchev–Trinajstić information content (AvgIpc) is 3.55. The number of nitrogens with two attached hydrogens (primary N) is 1. The topological polar surface area (TPSA) is 113 Å². The number of carbonyl (C=O) groups is 1. The van der Waals surface area contributed by atoms with Gasteiger partial charge in [0.1, 0.15) is 11.5 Å². The first-order chi connectivity index (χ1) is 17.6. The van der Waals surface area contributed by atoms with Gasteiger partial charge in [0, 0.05) is 45.3 Å². The van der Waals surface area contributed by atoms with E-state index in [9.17, 15) is 4.79 Å². The fraction of sp³-hybridized carbons (Fsp3) is 0.520. The molecule has 3 saturated heterocycles. The number of morpholine rings is 1. The Kier molecular flexibility index (Phi) is 7.98. The van der Waals surface area contributed by atoms with Gasteiger partial charge in [0.05, 0.1) is 23.6 Å². The molecule has 6 rings (SSSR count). The minimum absolute atomic E-state index is 0. The van der Waals surface area contributed by atoms with Crippen molar-refractivity contribution >= 4 is 63.5 Å². The van der Waals surface area contributed by atoms with Crippen LogP contribution in [0.15, 0.2) is 24.3 Å². The number of aromatic nitrogens is 3. The summed E-state index contributed by atoms with van der Waals surface area (Å²) in [6.07, 6.45) is 4.38. The molecule has 0 aromatic carbocycles. The van der Waals surface area contributed by atoms with Gasteiger partial charge in [-0.15, -0.1) is 0 Å². The lowest BCUT2D eigenvalue weighted by atomic mass is 10.1. The van der Waals surface area contributed by atoms with E-state index in [1.165, 1.54) is 6.42 Å². The van der Waals surface area contributed by atoms with Crippen LogP contribution in [0, 0.1) is 0 Å². The first-order valence-corrected chi connectivity index (χ1v) is 13.6. The van der Waals surface area contributed by atoms with E-state index in [0.717, 1.165) is 85.6 Å². The predicted octanol–water partition coefficient (Wildman–Crippen LogP) is 2.82. The molecule has 37 heavy (non-hydrogen) atoms. The fourth-order valence-electron chi connectivity index (χ4n) is 5.08. The maximum atomic E-state index is 13.4. The molecule has 0 saturated carbocycles. The largest absolute Gasteiger partial charge is 0.378 e. The summed E-state index contributed by atoms with van der Waals surface area (Å²) in [5, 5.41) is 4.08. The van der Waals surface area contributed by atoms with Crippen LogP contribution < -0.4 is 25.8 Å². The highest BCUT2D eigenvalue weighted by Gasteiger charge is 2.24. The van der Waals surface area contributed by atoms with Gasteiger partial charge in [-0.25, -0.2) is 9.97 Å². The van der Waals surface area contributed by atoms with E-state index in [4.69, 9.17) is 20.4 Å². The van der Waals surface area contributed by atoms with Gasteiger partial charge < -0.3 is 30.5 Å². The van der Waals surface area contributed by atoms with Crippen molar-refractivity contribution < 1.29 is 9.53 Å². The number of carbonyl (C=O) groups excluding carboxylic acids is 1. The van der Waals surface area contributed by atoms with E-state index >= 15 is 0 Å². The Morgan fingerprint density at radius 2 is 1.81 bits per heavy atom. The van der Waals surface area contributed by atoms with Crippen molar-refractivity contribution in [1.82, 2.24) is 15.0 Å². The summed E-state index contributed by atoms with van der Waals surface area (Å²) in [6, 6.07) is 7.74. The zero-order valence-electron chi connectivity index (χ0n) is 20.9. The van der Waals surface area contributed by atoms with Crippen molar-refractivity contribution in [2.24, 2.45) is 5.73 Å². The van der Waals surface area contributed by atoms with Crippen molar-refractivity contribution in [3.63, 3.8) is 0 Å². The Morgan fingerprint density at radius 1 is 1.00 bits per heavy atom. The lowest BCUT2D eigenvalue weighted by molar-refractivity contribution is 0.102. The lowest BCUT2D eigenvalue weighted by Crippen LogP contribution is -2.36. The molecule has 6 heterocycles. The third kappa shape index (κ3) is 5.62. The van der Waals surface area contributed by atoms with Crippen LogP contribution in [0.5, 0.6) is 0 Å². The minimum Gasteiger partial charge on any atom is -0.378 e. The zero-order chi connectivity index (χ0) is 24.5. The van der Waals surface area contributed by atoms with Crippen LogP contribution >= 0.6 is 24.8 Å². The monoisotopic (exact) mass is 542 g/mol. The number of ether oxygens (including phenoxy) is 1. The standard InChI is InChI=1S/C25H32N8O2S.H2S/c26-17-7-10-33(16-17)21-6-4-5-18(27-21)24(34)28-19-15-20-22(29-23(19)31-8-2-1-3-9-31)30-25(36-20)32-11-13-35-14-12-32;/h4-6,15,17H,1-3,7-14,16,26H2,(H,28,34);1H2/t17-;/m0./s1. The van der Waals surface area contributed by atoms with E-state index in [0.29, 0.717) is 24.6 Å². The molecule has 3 N–H and O–H groups in total. The van der Waals surface area contributed by atoms with Crippen LogP contribution in [0.3, 0.4) is 0 Å². The Hall–Kier alpha value is -2.67. The second kappa shape index (κ2) is 11.4. The smallest absolute Gasteiger partial charge is 0.274 e. The van der Waals surface area contributed by atoms with Gasteiger partial charge >= 0.3 is 0 Å². The molecule has 0 bridgehead atoms. The van der Waals surface area contributed by atoms with Gasteiger partial charge in [-0.05, 0) is 43.9 Å². The van der Waals surface area contributed by atoms with E-state index in [1.54, 1.807) is 17.4 Å². The van der Waals surface area contributed by atoms with Gasteiger partial charge in [0.2, 0.25) is 0 Å². The maximum Gasteiger partial charge on any atom is 0.274 e. The molecule has 1 amide bonds. The molecular weight excluding hydrogens is 508 g/mol. The highest BCUT2D eigenvalue weighted by Crippen LogP contribution is 2.35. The van der Waals surface area contributed by atoms with Crippen molar-refractivity contribution in [3.8, 4) is 0 Å². The summed E-state index contributed by atoms with van der Waals surface area (Å²) in [7, 11) is 0. The molecule has 3 aromatic heterocycles. The highest BCUT2D eigenvalue weighted by molar-refractivity contribution is 7.59. The molecule has 3 aliphatic rings. The second-order valence-corrected chi connectivity index (χ2v) is 10.7. The van der Waals surface area contributed by atoms with Crippen LogP contribution in [0.2, 0.25) is 0 Å². The first-order valence-electron chi connectivity index (χ1n) is 12.8. The molecule has 1 atom stereocenters. The van der Waals surface area contributed by atoms with Crippen LogP contribution in [-0.4, -0.2) is 79.4 Å². The fourth-order valence-corrected chi connectivity index (χ4v) is 6.08. The lowest BCUT2D eigenvalue weighted by Gasteiger charge is -2.29. The SMILES string of the molecule is N[C@H]1CCN(c2cccc(C(=O)Nc3cc4sc(N5CCOCC5)nc4nc3N3CCCCC3)n2)C1.S. The third-order valence-corrected chi connectivity index (χ3v) is 8.10. The van der Waals surface area contributed by atoms with Crippen LogP contribution in [-0.2, 0) is 4.74 Å². The van der Waals surface area contributed by atoms with Gasteiger partial charge in [-0.2, -0.15) is 18.5 Å². The zero-order valence-corrected chi connectivity index (χ0v) is 22.7. The summed E-state index contributed by atoms with van der Waals surface area (Å²) in [5.74, 6) is 1.34. The maximum absolute atomic E-state index is 13.4. The molecule has 3 aromatic rings. The summed E-state index contributed by atoms with van der Waals surface area (Å²) in [6.45, 7) is 6.52. The number of pyridine rings is 2. The predicted molar refractivity (Wildman–Crippen MR) is 154 cm³/mol. The molecule has 0 unspecified atom stereocenters. The Morgan fingerprint density at radius 3 is 2.57 bits per heavy atom. The van der Waals surface area contributed by atoms with E-state index in [-0.39, 0.29) is 25.4 Å². The molecule has 198 valence electrons. The molecule has 0 aliphatic carbocycles.